The van der Waals surface area contributed by atoms with Crippen LogP contribution in [0, 0.1) is 0 Å². The van der Waals surface area contributed by atoms with Crippen LogP contribution in [0.3, 0.4) is 0 Å². The SMILES string of the molecule is O=CCNCc1cc(Cl)c(OCc2cccc(-c3ccccc3)c2Br)cc1OCc1ccc2nonc2c1. The number of nitrogens with zero attached hydrogens (tertiary/aromatic N) is 2. The van der Waals surface area contributed by atoms with Gasteiger partial charge in [-0.25, -0.2) is 4.63 Å². The Morgan fingerprint density at radius 1 is 0.868 bits per heavy atom. The summed E-state index contributed by atoms with van der Waals surface area (Å²) in [5.74, 6) is 1.09. The number of halogens is 2. The highest BCUT2D eigenvalue weighted by atomic mass is 79.9. The van der Waals surface area contributed by atoms with Crippen molar-refractivity contribution in [2.45, 2.75) is 19.8 Å². The van der Waals surface area contributed by atoms with Crippen LogP contribution in [0.5, 0.6) is 11.5 Å². The third-order valence-corrected chi connectivity index (χ3v) is 7.15. The Morgan fingerprint density at radius 3 is 2.53 bits per heavy atom. The first kappa shape index (κ1) is 25.9. The van der Waals surface area contributed by atoms with Gasteiger partial charge in [-0.05, 0) is 61.1 Å². The van der Waals surface area contributed by atoms with Gasteiger partial charge in [-0.2, -0.15) is 0 Å². The van der Waals surface area contributed by atoms with Crippen LogP contribution in [-0.2, 0) is 24.6 Å². The van der Waals surface area contributed by atoms with E-state index in [0.29, 0.717) is 40.7 Å². The summed E-state index contributed by atoms with van der Waals surface area (Å²) in [7, 11) is 0. The van der Waals surface area contributed by atoms with Gasteiger partial charge in [0.1, 0.15) is 42.0 Å². The van der Waals surface area contributed by atoms with Crippen molar-refractivity contribution in [2.75, 3.05) is 6.54 Å². The Kier molecular flexibility index (Phi) is 8.33. The van der Waals surface area contributed by atoms with Gasteiger partial charge in [0.2, 0.25) is 0 Å². The molecule has 0 fully saturated rings. The Balaban J connectivity index is 1.36. The molecule has 0 saturated carbocycles. The van der Waals surface area contributed by atoms with Gasteiger partial charge in [-0.3, -0.25) is 0 Å². The van der Waals surface area contributed by atoms with Crippen LogP contribution in [0.15, 0.2) is 88.0 Å². The minimum absolute atomic E-state index is 0.219. The lowest BCUT2D eigenvalue weighted by molar-refractivity contribution is -0.107. The van der Waals surface area contributed by atoms with Gasteiger partial charge < -0.3 is 19.6 Å². The summed E-state index contributed by atoms with van der Waals surface area (Å²) < 4.78 is 18.1. The zero-order chi connectivity index (χ0) is 26.3. The molecule has 38 heavy (non-hydrogen) atoms. The summed E-state index contributed by atoms with van der Waals surface area (Å²) in [6.07, 6.45) is 0.808. The smallest absolute Gasteiger partial charge is 0.142 e. The number of aromatic nitrogens is 2. The van der Waals surface area contributed by atoms with Crippen LogP contribution in [-0.4, -0.2) is 23.1 Å². The Bertz CT molecular complexity index is 1560. The van der Waals surface area contributed by atoms with Gasteiger partial charge >= 0.3 is 0 Å². The molecular weight excluding hydrogens is 570 g/mol. The second-order valence-electron chi connectivity index (χ2n) is 8.50. The number of nitrogens with one attached hydrogen (secondary N) is 1. The van der Waals surface area contributed by atoms with Crippen molar-refractivity contribution >= 4 is 44.9 Å². The molecule has 0 bridgehead atoms. The van der Waals surface area contributed by atoms with Crippen LogP contribution in [0.25, 0.3) is 22.2 Å². The first-order valence-corrected chi connectivity index (χ1v) is 13.1. The topological polar surface area (TPSA) is 86.5 Å². The summed E-state index contributed by atoms with van der Waals surface area (Å²) in [5, 5.41) is 11.2. The molecule has 1 N–H and O–H groups in total. The minimum Gasteiger partial charge on any atom is -0.488 e. The zero-order valence-corrected chi connectivity index (χ0v) is 22.5. The monoisotopic (exact) mass is 591 g/mol. The van der Waals surface area contributed by atoms with E-state index < -0.39 is 0 Å². The number of hydrogen-bond acceptors (Lipinski definition) is 7. The van der Waals surface area contributed by atoms with Gasteiger partial charge in [0, 0.05) is 28.2 Å². The molecule has 0 atom stereocenters. The molecule has 0 spiro atoms. The van der Waals surface area contributed by atoms with E-state index in [0.717, 1.165) is 38.6 Å². The number of hydrogen-bond donors (Lipinski definition) is 1. The standard InChI is InChI=1S/C29H23BrClN3O4/c30-29-21(7-4-8-23(29)20-5-2-1-3-6-20)18-37-28-15-27(22(14-24(28)31)16-32-11-12-35)36-17-19-9-10-25-26(13-19)34-38-33-25/h1-10,12-15,32H,11,16-18H2. The molecule has 0 aliphatic rings. The molecule has 1 heterocycles. The number of benzene rings is 4. The van der Waals surface area contributed by atoms with Crippen molar-refractivity contribution in [1.29, 1.82) is 0 Å². The van der Waals surface area contributed by atoms with Gasteiger partial charge in [0.15, 0.2) is 0 Å². The molecule has 0 unspecified atom stereocenters. The highest BCUT2D eigenvalue weighted by Gasteiger charge is 2.14. The largest absolute Gasteiger partial charge is 0.488 e. The fraction of sp³-hybridized carbons (Fsp3) is 0.138. The average Bonchev–Trinajstić information content (AvgIpc) is 3.41. The number of rotatable bonds is 11. The Morgan fingerprint density at radius 2 is 1.68 bits per heavy atom. The third kappa shape index (κ3) is 6.05. The number of carbonyl (C=O) groups is 1. The molecule has 4 aromatic carbocycles. The predicted octanol–water partition coefficient (Wildman–Crippen LogP) is 6.75. The number of ether oxygens (including phenoxy) is 2. The van der Waals surface area contributed by atoms with Gasteiger partial charge in [-0.1, -0.05) is 66.2 Å². The van der Waals surface area contributed by atoms with Gasteiger partial charge in [-0.15, -0.1) is 0 Å². The number of fused-ring (bicyclic) bond motifs is 1. The average molecular weight is 593 g/mol. The summed E-state index contributed by atoms with van der Waals surface area (Å²) >= 11 is 10.3. The number of carbonyl (C=O) groups excluding carboxylic acids is 1. The third-order valence-electron chi connectivity index (χ3n) is 5.92. The molecule has 0 aliphatic heterocycles. The molecule has 5 aromatic rings. The molecule has 7 nitrogen and oxygen atoms in total. The molecule has 0 aliphatic carbocycles. The van der Waals surface area contributed by atoms with Crippen LogP contribution >= 0.6 is 27.5 Å². The zero-order valence-electron chi connectivity index (χ0n) is 20.2. The Labute approximate surface area is 232 Å². The van der Waals surface area contributed by atoms with Crippen molar-refractivity contribution < 1.29 is 18.9 Å². The molecule has 5 rings (SSSR count). The van der Waals surface area contributed by atoms with Gasteiger partial charge in [0.25, 0.3) is 0 Å². The van der Waals surface area contributed by atoms with E-state index in [1.54, 1.807) is 12.1 Å². The van der Waals surface area contributed by atoms with Crippen LogP contribution < -0.4 is 14.8 Å². The Hall–Kier alpha value is -3.72. The van der Waals surface area contributed by atoms with Crippen molar-refractivity contribution in [3.63, 3.8) is 0 Å². The van der Waals surface area contributed by atoms with E-state index in [9.17, 15) is 4.79 Å². The van der Waals surface area contributed by atoms with E-state index in [1.165, 1.54) is 0 Å². The van der Waals surface area contributed by atoms with E-state index in [-0.39, 0.29) is 13.2 Å². The lowest BCUT2D eigenvalue weighted by Gasteiger charge is -2.17. The molecule has 9 heteroatoms. The van der Waals surface area contributed by atoms with Gasteiger partial charge in [0.05, 0.1) is 11.6 Å². The lowest BCUT2D eigenvalue weighted by atomic mass is 10.0. The highest BCUT2D eigenvalue weighted by Crippen LogP contribution is 2.36. The summed E-state index contributed by atoms with van der Waals surface area (Å²) in [6.45, 7) is 1.22. The maximum Gasteiger partial charge on any atom is 0.142 e. The molecule has 0 amide bonds. The van der Waals surface area contributed by atoms with Crippen LogP contribution in [0.4, 0.5) is 0 Å². The molecule has 0 saturated heterocycles. The van der Waals surface area contributed by atoms with Crippen molar-refractivity contribution in [3.05, 3.63) is 105 Å². The van der Waals surface area contributed by atoms with E-state index in [1.807, 2.05) is 48.5 Å². The maximum absolute atomic E-state index is 10.8. The van der Waals surface area contributed by atoms with Crippen LogP contribution in [0.1, 0.15) is 16.7 Å². The summed E-state index contributed by atoms with van der Waals surface area (Å²) in [4.78, 5) is 10.8. The first-order valence-electron chi connectivity index (χ1n) is 11.9. The predicted molar refractivity (Wildman–Crippen MR) is 149 cm³/mol. The second-order valence-corrected chi connectivity index (χ2v) is 9.70. The van der Waals surface area contributed by atoms with Crippen molar-refractivity contribution in [3.8, 4) is 22.6 Å². The quantitative estimate of drug-likeness (QED) is 0.134. The minimum atomic E-state index is 0.219. The highest BCUT2D eigenvalue weighted by molar-refractivity contribution is 9.10. The molecule has 192 valence electrons. The fourth-order valence-corrected chi connectivity index (χ4v) is 4.84. The normalized spacial score (nSPS) is 11.0. The second kappa shape index (κ2) is 12.2. The first-order chi connectivity index (χ1) is 18.6. The molecule has 0 radical (unpaired) electrons. The molecular formula is C29H23BrClN3O4. The van der Waals surface area contributed by atoms with Crippen LogP contribution in [0.2, 0.25) is 5.02 Å². The summed E-state index contributed by atoms with van der Waals surface area (Å²) in [6, 6.07) is 25.4. The number of aldehydes is 1. The van der Waals surface area contributed by atoms with E-state index in [2.05, 4.69) is 49.8 Å². The van der Waals surface area contributed by atoms with Crippen molar-refractivity contribution in [1.82, 2.24) is 15.6 Å². The lowest BCUT2D eigenvalue weighted by Crippen LogP contribution is -2.16. The van der Waals surface area contributed by atoms with E-state index in [4.69, 9.17) is 25.7 Å². The molecule has 1 aromatic heterocycles. The van der Waals surface area contributed by atoms with Crippen molar-refractivity contribution in [2.24, 2.45) is 0 Å². The maximum atomic E-state index is 10.8. The summed E-state index contributed by atoms with van der Waals surface area (Å²) in [5.41, 5.74) is 6.22. The van der Waals surface area contributed by atoms with E-state index >= 15 is 0 Å². The fourth-order valence-electron chi connectivity index (χ4n) is 3.99.